The normalized spacial score (nSPS) is 44.1. The van der Waals surface area contributed by atoms with Gasteiger partial charge in [-0.25, -0.2) is 0 Å². The Labute approximate surface area is 581 Å². The van der Waals surface area contributed by atoms with E-state index in [0.29, 0.717) is 71.6 Å². The number of Topliss-reactive ketones (excluding diaryl/α,β-unsaturated/α-hetero) is 2. The van der Waals surface area contributed by atoms with E-state index in [1.165, 1.54) is 26.0 Å². The SMILES string of the molecule is CC[C@@H](O)[C@@](C)(O)[C@@H]1OC(=O)[C@H](C)C(=O)[C@H](C)[C@@H](O[C@@H]2OC(C)CC(N3CCOCC3)C2O)[C@]2(C)CC(C)C(O2)[C@@H]1C.CC[C@H]1OC(C)(C)O[C@@]1(C)[C@@H]1OC(=O)[C@H](C)C(=O)[C@H](C)[C@@H](O[C@@H]2OC(C)CC(N3CCOCC3)C2O)[C@]2(C)CC(C)C(O2)[C@@H]1C.Cc1ccc(S(=O)(=O)O)cc1. The Hall–Kier alpha value is -3.23. The summed E-state index contributed by atoms with van der Waals surface area (Å²) in [6, 6.07) is 5.63. The molecule has 1 aromatic rings. The number of aryl methyl sites for hydroxylation is 1. The number of benzene rings is 1. The largest absolute Gasteiger partial charge is 0.458 e. The third-order valence-corrected chi connectivity index (χ3v) is 23.5. The van der Waals surface area contributed by atoms with Gasteiger partial charge in [-0.15, -0.1) is 0 Å². The average Bonchev–Trinajstić information content (AvgIpc) is 1.57. The minimum Gasteiger partial charge on any atom is -0.458 e. The molecule has 10 rings (SSSR count). The second-order valence-electron chi connectivity index (χ2n) is 31.2. The summed E-state index contributed by atoms with van der Waals surface area (Å²) < 4.78 is 105. The van der Waals surface area contributed by atoms with Gasteiger partial charge in [-0.2, -0.15) is 8.42 Å². The van der Waals surface area contributed by atoms with Gasteiger partial charge < -0.3 is 77.3 Å². The van der Waals surface area contributed by atoms with E-state index in [2.05, 4.69) is 16.7 Å². The van der Waals surface area contributed by atoms with E-state index in [-0.39, 0.29) is 71.4 Å². The maximum Gasteiger partial charge on any atom is 0.316 e. The molecule has 9 saturated heterocycles. The second kappa shape index (κ2) is 32.0. The summed E-state index contributed by atoms with van der Waals surface area (Å²) in [5.74, 6) is -7.47. The monoisotopic (exact) mass is 1410 g/mol. The second-order valence-corrected chi connectivity index (χ2v) is 32.6. The van der Waals surface area contributed by atoms with Crippen LogP contribution < -0.4 is 0 Å². The molecule has 9 fully saturated rings. The number of ketones is 2. The van der Waals surface area contributed by atoms with E-state index in [9.17, 15) is 48.0 Å². The smallest absolute Gasteiger partial charge is 0.316 e. The van der Waals surface area contributed by atoms with Crippen LogP contribution in [-0.2, 0) is 86.1 Å². The fourth-order valence-corrected chi connectivity index (χ4v) is 18.0. The van der Waals surface area contributed by atoms with Gasteiger partial charge in [0.2, 0.25) is 0 Å². The predicted octanol–water partition coefficient (Wildman–Crippen LogP) is 6.39. The summed E-state index contributed by atoms with van der Waals surface area (Å²) in [7, 11) is -4.02. The molecule has 25 nitrogen and oxygen atoms in total. The lowest BCUT2D eigenvalue weighted by atomic mass is 9.76. The topological polar surface area (TPSA) is 321 Å². The molecule has 98 heavy (non-hydrogen) atoms. The van der Waals surface area contributed by atoms with Gasteiger partial charge in [0.1, 0.15) is 47.5 Å². The van der Waals surface area contributed by atoms with Crippen LogP contribution in [0.15, 0.2) is 29.2 Å². The first-order valence-electron chi connectivity index (χ1n) is 35.9. The number of nitrogens with zero attached hydrogens (tertiary/aromatic N) is 2. The van der Waals surface area contributed by atoms with Crippen molar-refractivity contribution in [1.82, 2.24) is 9.80 Å². The predicted molar refractivity (Wildman–Crippen MR) is 358 cm³/mol. The first kappa shape index (κ1) is 80.5. The van der Waals surface area contributed by atoms with E-state index in [1.54, 1.807) is 39.8 Å². The number of cyclic esters (lactones) is 2. The van der Waals surface area contributed by atoms with Gasteiger partial charge in [-0.05, 0) is 139 Å². The number of esters is 2. The van der Waals surface area contributed by atoms with Gasteiger partial charge in [-0.3, -0.25) is 33.5 Å². The van der Waals surface area contributed by atoms with Gasteiger partial charge in [-0.1, -0.05) is 73.1 Å². The summed E-state index contributed by atoms with van der Waals surface area (Å²) in [5.41, 5.74) is -3.65. The Morgan fingerprint density at radius 2 is 1.06 bits per heavy atom. The van der Waals surface area contributed by atoms with Crippen LogP contribution in [0.3, 0.4) is 0 Å². The van der Waals surface area contributed by atoms with Crippen molar-refractivity contribution < 1.29 is 109 Å². The highest BCUT2D eigenvalue weighted by Gasteiger charge is 2.63. The quantitative estimate of drug-likeness (QED) is 0.0859. The number of carbonyl (C=O) groups excluding carboxylic acids is 4. The third-order valence-electron chi connectivity index (χ3n) is 22.7. The minimum atomic E-state index is -4.02. The first-order valence-corrected chi connectivity index (χ1v) is 37.4. The summed E-state index contributed by atoms with van der Waals surface area (Å²) in [6.07, 6.45) is -6.61. The highest BCUT2D eigenvalue weighted by atomic mass is 32.2. The molecular formula is C72H118N2O23S. The number of hydrogen-bond donors (Lipinski definition) is 5. The van der Waals surface area contributed by atoms with E-state index in [0.717, 1.165) is 18.7 Å². The molecule has 0 amide bonds. The molecule has 4 bridgehead atoms. The van der Waals surface area contributed by atoms with Crippen molar-refractivity contribution in [3.05, 3.63) is 29.8 Å². The fraction of sp³-hybridized carbons (Fsp3) is 0.861. The lowest BCUT2D eigenvalue weighted by Gasteiger charge is -2.47. The Bertz CT molecular complexity index is 2960. The molecule has 10 unspecified atom stereocenters. The third kappa shape index (κ3) is 17.4. The van der Waals surface area contributed by atoms with Crippen LogP contribution in [0, 0.1) is 54.3 Å². The van der Waals surface area contributed by atoms with Crippen molar-refractivity contribution in [2.45, 2.75) is 301 Å². The van der Waals surface area contributed by atoms with Crippen LogP contribution in [0.4, 0.5) is 0 Å². The van der Waals surface area contributed by atoms with E-state index in [4.69, 9.17) is 61.4 Å². The Balaban J connectivity index is 0.000000216. The summed E-state index contributed by atoms with van der Waals surface area (Å²) >= 11 is 0. The Kier molecular flexibility index (Phi) is 26.3. The van der Waals surface area contributed by atoms with Crippen LogP contribution in [0.5, 0.6) is 0 Å². The van der Waals surface area contributed by atoms with Crippen LogP contribution >= 0.6 is 0 Å². The lowest BCUT2D eigenvalue weighted by Crippen LogP contribution is -2.60. The lowest BCUT2D eigenvalue weighted by molar-refractivity contribution is -0.298. The maximum atomic E-state index is 14.1. The summed E-state index contributed by atoms with van der Waals surface area (Å²) in [4.78, 5) is 59.5. The van der Waals surface area contributed by atoms with Gasteiger partial charge in [0.05, 0.1) is 91.4 Å². The van der Waals surface area contributed by atoms with Gasteiger partial charge in [0.25, 0.3) is 10.1 Å². The highest BCUT2D eigenvalue weighted by Crippen LogP contribution is 2.52. The number of aliphatic hydroxyl groups excluding tert-OH is 3. The van der Waals surface area contributed by atoms with E-state index in [1.807, 2.05) is 83.1 Å². The molecule has 560 valence electrons. The molecule has 26 heteroatoms. The first-order chi connectivity index (χ1) is 45.6. The van der Waals surface area contributed by atoms with Crippen molar-refractivity contribution in [2.24, 2.45) is 47.3 Å². The van der Waals surface area contributed by atoms with Crippen molar-refractivity contribution in [2.75, 3.05) is 52.6 Å². The molecule has 9 aliphatic heterocycles. The number of rotatable bonds is 12. The summed E-state index contributed by atoms with van der Waals surface area (Å²) in [6.45, 7) is 40.5. The molecule has 1 aromatic carbocycles. The number of fused-ring (bicyclic) bond motifs is 4. The highest BCUT2D eigenvalue weighted by molar-refractivity contribution is 7.85. The van der Waals surface area contributed by atoms with Crippen LogP contribution in [0.2, 0.25) is 0 Å². The number of ether oxygens (including phenoxy) is 12. The zero-order valence-corrected chi connectivity index (χ0v) is 62.3. The number of aliphatic hydroxyl groups is 4. The molecule has 28 atom stereocenters. The zero-order chi connectivity index (χ0) is 72.7. The van der Waals surface area contributed by atoms with Crippen molar-refractivity contribution >= 4 is 33.6 Å². The molecule has 0 saturated carbocycles. The van der Waals surface area contributed by atoms with Crippen molar-refractivity contribution in [3.63, 3.8) is 0 Å². The van der Waals surface area contributed by atoms with Crippen LogP contribution in [0.1, 0.15) is 169 Å². The van der Waals surface area contributed by atoms with Crippen LogP contribution in [0.25, 0.3) is 0 Å². The number of morpholine rings is 2. The number of carbonyl (C=O) groups is 4. The molecule has 0 aromatic heterocycles. The molecule has 0 aliphatic carbocycles. The maximum absolute atomic E-state index is 14.1. The average molecular weight is 1410 g/mol. The van der Waals surface area contributed by atoms with Crippen LogP contribution in [-0.4, -0.2) is 245 Å². The fourth-order valence-electron chi connectivity index (χ4n) is 17.5. The minimum absolute atomic E-state index is 0.0488. The molecular weight excluding hydrogens is 1290 g/mol. The van der Waals surface area contributed by atoms with Crippen molar-refractivity contribution in [3.8, 4) is 0 Å². The van der Waals surface area contributed by atoms with Gasteiger partial charge in [0.15, 0.2) is 29.9 Å². The van der Waals surface area contributed by atoms with Gasteiger partial charge >= 0.3 is 11.9 Å². The van der Waals surface area contributed by atoms with Gasteiger partial charge in [0, 0.05) is 61.9 Å². The summed E-state index contributed by atoms with van der Waals surface area (Å²) in [5, 5.41) is 45.3. The molecule has 0 radical (unpaired) electrons. The Morgan fingerprint density at radius 3 is 1.47 bits per heavy atom. The molecule has 0 spiro atoms. The van der Waals surface area contributed by atoms with E-state index < -0.39 is 147 Å². The zero-order valence-electron chi connectivity index (χ0n) is 61.5. The molecule has 9 aliphatic rings. The number of hydrogen-bond acceptors (Lipinski definition) is 24. The van der Waals surface area contributed by atoms with E-state index >= 15 is 0 Å². The standard InChI is InChI=1S/C34H57NO10.C31H53NO10.C7H8O3S/c1-11-24-34(10,45-32(7,8)43-24)29-22(6)27-18(2)17-33(9,44-27)28(20(4)25(36)21(5)30(38)41-29)42-31-26(37)23(16-19(3)40-31)35-12-14-39-15-13-35;1-9-22(33)31(8,37)27-20(6)25-16(2)15-30(7,42-25)26(18(4)23(34)19(5)28(36)40-27)41-29-24(35)21(14-17(3)39-29)32-10-12-38-13-11-32;1-6-2-4-7(5-3-6)11(8,9)10/h18-24,26-29,31,37H,11-17H2,1-10H3;16-22,24-27,29,33,35,37H,9-15H2,1-8H3;2-5H,1H3,(H,8,9,10)/t18?,19?,20-,21+,22-,23?,24+,26?,27?,28+,29+,31-,33-,34+;16?,17?,18-,19+,20-,21?,22+,24?,25?,26+,27+,29-,30-,31+;/m00./s1. The molecule has 9 heterocycles. The van der Waals surface area contributed by atoms with Crippen molar-refractivity contribution in [1.29, 1.82) is 0 Å². The molecule has 5 N–H and O–H groups in total. The Morgan fingerprint density at radius 1 is 0.643 bits per heavy atom.